The number of carbonyl (C=O) groups is 3. The molecule has 29 heavy (non-hydrogen) atoms. The Hall–Kier alpha value is -2.71. The van der Waals surface area contributed by atoms with Crippen molar-refractivity contribution >= 4 is 34.2 Å². The smallest absolute Gasteiger partial charge is 0.341 e. The highest BCUT2D eigenvalue weighted by atomic mass is 32.1. The highest BCUT2D eigenvalue weighted by molar-refractivity contribution is 7.20. The summed E-state index contributed by atoms with van der Waals surface area (Å²) in [5.74, 6) is -1.58. The van der Waals surface area contributed by atoms with Crippen LogP contribution in [0.5, 0.6) is 0 Å². The Morgan fingerprint density at radius 2 is 1.97 bits per heavy atom. The number of carbonyl (C=O) groups excluding carboxylic acids is 3. The van der Waals surface area contributed by atoms with Gasteiger partial charge in [0.25, 0.3) is 5.91 Å². The van der Waals surface area contributed by atoms with Crippen molar-refractivity contribution in [3.05, 3.63) is 41.5 Å². The van der Waals surface area contributed by atoms with Gasteiger partial charge in [-0.3, -0.25) is 4.79 Å². The molecule has 8 heteroatoms. The monoisotopic (exact) mass is 417 g/mol. The van der Waals surface area contributed by atoms with Gasteiger partial charge in [-0.2, -0.15) is 0 Å². The summed E-state index contributed by atoms with van der Waals surface area (Å²) >= 11 is 1.28. The normalized spacial score (nSPS) is 15.7. The maximum Gasteiger partial charge on any atom is 0.341 e. The summed E-state index contributed by atoms with van der Waals surface area (Å²) in [6.45, 7) is 3.84. The zero-order valence-electron chi connectivity index (χ0n) is 16.4. The van der Waals surface area contributed by atoms with Gasteiger partial charge in [0.1, 0.15) is 5.00 Å². The van der Waals surface area contributed by atoms with E-state index in [1.54, 1.807) is 6.92 Å². The molecular formula is C21H23NO6S. The molecule has 1 N–H and O–H groups in total. The summed E-state index contributed by atoms with van der Waals surface area (Å²) in [7, 11) is 0. The van der Waals surface area contributed by atoms with Gasteiger partial charge in [0, 0.05) is 11.5 Å². The first-order valence-electron chi connectivity index (χ1n) is 9.45. The van der Waals surface area contributed by atoms with Crippen molar-refractivity contribution in [3.63, 3.8) is 0 Å². The molecule has 0 radical (unpaired) electrons. The van der Waals surface area contributed by atoms with Crippen molar-refractivity contribution in [2.45, 2.75) is 32.8 Å². The minimum absolute atomic E-state index is 0.223. The second-order valence-corrected chi connectivity index (χ2v) is 7.52. The minimum atomic E-state index is -0.605. The van der Waals surface area contributed by atoms with Crippen LogP contribution in [0.1, 0.15) is 35.7 Å². The average Bonchev–Trinajstić information content (AvgIpc) is 3.35. The number of hydrogen-bond acceptors (Lipinski definition) is 7. The van der Waals surface area contributed by atoms with Crippen LogP contribution < -0.4 is 5.32 Å². The fraction of sp³-hybridized carbons (Fsp3) is 0.381. The zero-order chi connectivity index (χ0) is 20.8. The molecular weight excluding hydrogens is 394 g/mol. The molecule has 1 aromatic carbocycles. The molecule has 0 unspecified atom stereocenters. The topological polar surface area (TPSA) is 90.9 Å². The van der Waals surface area contributed by atoms with Crippen LogP contribution in [0.3, 0.4) is 0 Å². The molecule has 1 amide bonds. The summed E-state index contributed by atoms with van der Waals surface area (Å²) in [4.78, 5) is 37.6. The van der Waals surface area contributed by atoms with Crippen LogP contribution in [-0.4, -0.2) is 43.8 Å². The molecule has 0 saturated carbocycles. The first-order chi connectivity index (χ1) is 14.0. The number of nitrogens with one attached hydrogen (secondary N) is 1. The second-order valence-electron chi connectivity index (χ2n) is 6.50. The molecule has 1 aliphatic heterocycles. The minimum Gasteiger partial charge on any atom is -0.462 e. The SMILES string of the molecule is CCOC(=O)c1c(NC(=O)COC(=O)[C@@H]2CCCO2)sc(-c2ccccc2)c1C. The predicted octanol–water partition coefficient (Wildman–Crippen LogP) is 3.56. The predicted molar refractivity (Wildman–Crippen MR) is 109 cm³/mol. The van der Waals surface area contributed by atoms with Gasteiger partial charge >= 0.3 is 11.9 Å². The lowest BCUT2D eigenvalue weighted by Crippen LogP contribution is -2.27. The third kappa shape index (κ3) is 5.02. The summed E-state index contributed by atoms with van der Waals surface area (Å²) in [5, 5.41) is 3.06. The number of hydrogen-bond donors (Lipinski definition) is 1. The van der Waals surface area contributed by atoms with Gasteiger partial charge in [0.2, 0.25) is 0 Å². The molecule has 0 bridgehead atoms. The van der Waals surface area contributed by atoms with Crippen LogP contribution in [0.25, 0.3) is 10.4 Å². The lowest BCUT2D eigenvalue weighted by atomic mass is 10.1. The van der Waals surface area contributed by atoms with E-state index in [0.717, 1.165) is 22.4 Å². The highest BCUT2D eigenvalue weighted by Gasteiger charge is 2.27. The van der Waals surface area contributed by atoms with Crippen LogP contribution in [0, 0.1) is 6.92 Å². The van der Waals surface area contributed by atoms with Gasteiger partial charge in [-0.05, 0) is 37.8 Å². The van der Waals surface area contributed by atoms with Gasteiger partial charge in [-0.25, -0.2) is 9.59 Å². The van der Waals surface area contributed by atoms with Crippen molar-refractivity contribution in [1.82, 2.24) is 0 Å². The third-order valence-electron chi connectivity index (χ3n) is 4.45. The number of anilines is 1. The lowest BCUT2D eigenvalue weighted by Gasteiger charge is -2.10. The van der Waals surface area contributed by atoms with E-state index in [-0.39, 0.29) is 6.61 Å². The van der Waals surface area contributed by atoms with Gasteiger partial charge in [-0.1, -0.05) is 30.3 Å². The Morgan fingerprint density at radius 3 is 2.62 bits per heavy atom. The summed E-state index contributed by atoms with van der Waals surface area (Å²) in [6, 6.07) is 9.58. The zero-order valence-corrected chi connectivity index (χ0v) is 17.2. The average molecular weight is 417 g/mol. The fourth-order valence-electron chi connectivity index (χ4n) is 3.07. The van der Waals surface area contributed by atoms with Crippen LogP contribution >= 0.6 is 11.3 Å². The van der Waals surface area contributed by atoms with E-state index in [1.807, 2.05) is 37.3 Å². The quantitative estimate of drug-likeness (QED) is 0.693. The Balaban J connectivity index is 1.76. The maximum absolute atomic E-state index is 12.5. The third-order valence-corrected chi connectivity index (χ3v) is 5.71. The molecule has 1 aliphatic rings. The van der Waals surface area contributed by atoms with Crippen molar-refractivity contribution in [2.75, 3.05) is 25.1 Å². The molecule has 3 rings (SSSR count). The molecule has 1 saturated heterocycles. The molecule has 1 fully saturated rings. The number of thiophene rings is 1. The summed E-state index contributed by atoms with van der Waals surface area (Å²) < 4.78 is 15.4. The van der Waals surface area contributed by atoms with Gasteiger partial charge in [0.15, 0.2) is 12.7 Å². The fourth-order valence-corrected chi connectivity index (χ4v) is 4.29. The van der Waals surface area contributed by atoms with Gasteiger partial charge in [-0.15, -0.1) is 11.3 Å². The molecule has 154 valence electrons. The molecule has 1 atom stereocenters. The van der Waals surface area contributed by atoms with E-state index in [4.69, 9.17) is 14.2 Å². The highest BCUT2D eigenvalue weighted by Crippen LogP contribution is 2.40. The summed E-state index contributed by atoms with van der Waals surface area (Å²) in [5.41, 5.74) is 1.98. The number of amides is 1. The van der Waals surface area contributed by atoms with Crippen molar-refractivity contribution in [1.29, 1.82) is 0 Å². The van der Waals surface area contributed by atoms with Crippen molar-refractivity contribution < 1.29 is 28.6 Å². The van der Waals surface area contributed by atoms with Crippen molar-refractivity contribution in [2.24, 2.45) is 0 Å². The molecule has 0 spiro atoms. The van der Waals surface area contributed by atoms with E-state index in [1.165, 1.54) is 11.3 Å². The molecule has 1 aromatic heterocycles. The van der Waals surface area contributed by atoms with Gasteiger partial charge < -0.3 is 19.5 Å². The Labute approximate surface area is 173 Å². The molecule has 2 aromatic rings. The van der Waals surface area contributed by atoms with Crippen molar-refractivity contribution in [3.8, 4) is 10.4 Å². The number of ether oxygens (including phenoxy) is 3. The molecule has 0 aliphatic carbocycles. The number of benzene rings is 1. The maximum atomic E-state index is 12.5. The standard InChI is InChI=1S/C21H23NO6S/c1-3-26-21(25)17-13(2)18(14-8-5-4-6-9-14)29-19(17)22-16(23)12-28-20(24)15-10-7-11-27-15/h4-6,8-9,15H,3,7,10-12H2,1-2H3,(H,22,23)/t15-/m0/s1. The second kappa shape index (κ2) is 9.67. The van der Waals surface area contributed by atoms with E-state index in [2.05, 4.69) is 5.32 Å². The Bertz CT molecular complexity index is 886. The largest absolute Gasteiger partial charge is 0.462 e. The van der Waals surface area contributed by atoms with E-state index < -0.39 is 30.6 Å². The van der Waals surface area contributed by atoms with E-state index >= 15 is 0 Å². The van der Waals surface area contributed by atoms with Gasteiger partial charge in [0.05, 0.1) is 12.2 Å². The van der Waals surface area contributed by atoms with Crippen LogP contribution in [0.4, 0.5) is 5.00 Å². The van der Waals surface area contributed by atoms with Crippen LogP contribution in [0.2, 0.25) is 0 Å². The van der Waals surface area contributed by atoms with Crippen LogP contribution in [0.15, 0.2) is 30.3 Å². The molecule has 2 heterocycles. The van der Waals surface area contributed by atoms with E-state index in [0.29, 0.717) is 23.6 Å². The van der Waals surface area contributed by atoms with Crippen LogP contribution in [-0.2, 0) is 23.8 Å². The van der Waals surface area contributed by atoms with E-state index in [9.17, 15) is 14.4 Å². The number of esters is 2. The number of rotatable bonds is 7. The Morgan fingerprint density at radius 1 is 1.21 bits per heavy atom. The Kier molecular flexibility index (Phi) is 7.00. The first kappa shape index (κ1) is 21.0. The first-order valence-corrected chi connectivity index (χ1v) is 10.3. The summed E-state index contributed by atoms with van der Waals surface area (Å²) in [6.07, 6.45) is 0.787. The lowest BCUT2D eigenvalue weighted by molar-refractivity contribution is -0.156. The molecule has 7 nitrogen and oxygen atoms in total.